The Morgan fingerprint density at radius 1 is 0.818 bits per heavy atom. The first-order valence-electron chi connectivity index (χ1n) is 11.7. The van der Waals surface area contributed by atoms with Crippen LogP contribution >= 0.6 is 0 Å². The van der Waals surface area contributed by atoms with Gasteiger partial charge < -0.3 is 25.0 Å². The van der Waals surface area contributed by atoms with Crippen molar-refractivity contribution in [3.63, 3.8) is 0 Å². The smallest absolute Gasteiger partial charge is 0.410 e. The minimum atomic E-state index is -0.267. The van der Waals surface area contributed by atoms with E-state index in [1.54, 1.807) is 4.90 Å². The van der Waals surface area contributed by atoms with Crippen LogP contribution in [0.3, 0.4) is 0 Å². The van der Waals surface area contributed by atoms with E-state index in [-0.39, 0.29) is 18.2 Å². The molecule has 0 unspecified atom stereocenters. The summed E-state index contributed by atoms with van der Waals surface area (Å²) >= 11 is 0. The van der Waals surface area contributed by atoms with Crippen LogP contribution in [-0.2, 0) is 22.7 Å². The lowest BCUT2D eigenvalue weighted by atomic mass is 10.0. The zero-order chi connectivity index (χ0) is 23.5. The summed E-state index contributed by atoms with van der Waals surface area (Å²) in [6.45, 7) is 5.83. The fourth-order valence-electron chi connectivity index (χ4n) is 3.93. The fraction of sp³-hybridized carbons (Fsp3) is 0.462. The molecule has 0 radical (unpaired) electrons. The highest BCUT2D eigenvalue weighted by Gasteiger charge is 2.24. The molecule has 0 bridgehead atoms. The lowest BCUT2D eigenvalue weighted by molar-refractivity contribution is 0.0810. The van der Waals surface area contributed by atoms with Gasteiger partial charge in [-0.15, -0.1) is 0 Å². The number of hydrogen-bond donors (Lipinski definition) is 1. The van der Waals surface area contributed by atoms with Crippen molar-refractivity contribution in [1.29, 1.82) is 0 Å². The molecule has 2 atom stereocenters. The van der Waals surface area contributed by atoms with E-state index in [4.69, 9.17) is 15.2 Å². The summed E-state index contributed by atoms with van der Waals surface area (Å²) in [5, 5.41) is 0. The molecule has 2 aromatic carbocycles. The summed E-state index contributed by atoms with van der Waals surface area (Å²) in [4.78, 5) is 26.9. The van der Waals surface area contributed by atoms with E-state index in [9.17, 15) is 9.59 Å². The van der Waals surface area contributed by atoms with Crippen LogP contribution in [0, 0.1) is 5.92 Å². The molecule has 0 saturated carbocycles. The van der Waals surface area contributed by atoms with Gasteiger partial charge in [0.25, 0.3) is 0 Å². The largest absolute Gasteiger partial charge is 0.445 e. The van der Waals surface area contributed by atoms with E-state index in [2.05, 4.69) is 6.92 Å². The van der Waals surface area contributed by atoms with Gasteiger partial charge in [0.1, 0.15) is 13.2 Å². The summed E-state index contributed by atoms with van der Waals surface area (Å²) in [7, 11) is 0. The third-order valence-corrected chi connectivity index (χ3v) is 5.81. The quantitative estimate of drug-likeness (QED) is 0.741. The molecule has 2 aromatic rings. The topological polar surface area (TPSA) is 85.1 Å². The molecule has 33 heavy (non-hydrogen) atoms. The number of rotatable bonds is 4. The molecule has 178 valence electrons. The van der Waals surface area contributed by atoms with Crippen molar-refractivity contribution in [2.45, 2.75) is 45.4 Å². The minimum Gasteiger partial charge on any atom is -0.445 e. The summed E-state index contributed by atoms with van der Waals surface area (Å²) in [6.07, 6.45) is 2.71. The lowest BCUT2D eigenvalue weighted by Gasteiger charge is -2.30. The molecule has 4 rings (SSSR count). The lowest BCUT2D eigenvalue weighted by Crippen LogP contribution is -2.39. The summed E-state index contributed by atoms with van der Waals surface area (Å²) in [6, 6.07) is 19.5. The Kier molecular flexibility index (Phi) is 9.57. The number of likely N-dealkylation sites (tertiary alicyclic amines) is 2. The van der Waals surface area contributed by atoms with Crippen molar-refractivity contribution < 1.29 is 19.1 Å². The number of ether oxygens (including phenoxy) is 2. The minimum absolute atomic E-state index is 0.101. The number of hydrogen-bond acceptors (Lipinski definition) is 5. The average Bonchev–Trinajstić information content (AvgIpc) is 3.29. The first-order valence-corrected chi connectivity index (χ1v) is 11.7. The predicted molar refractivity (Wildman–Crippen MR) is 127 cm³/mol. The van der Waals surface area contributed by atoms with E-state index in [1.807, 2.05) is 65.6 Å². The maximum absolute atomic E-state index is 11.8. The molecule has 0 aliphatic carbocycles. The zero-order valence-electron chi connectivity index (χ0n) is 19.4. The Morgan fingerprint density at radius 2 is 1.33 bits per heavy atom. The number of nitrogens with two attached hydrogens (primary N) is 1. The van der Waals surface area contributed by atoms with Crippen LogP contribution in [0.15, 0.2) is 60.7 Å². The second-order valence-electron chi connectivity index (χ2n) is 8.77. The molecule has 2 heterocycles. The van der Waals surface area contributed by atoms with Crippen molar-refractivity contribution >= 4 is 12.2 Å². The Bertz CT molecular complexity index is 862. The van der Waals surface area contributed by atoms with E-state index in [0.29, 0.717) is 32.2 Å². The van der Waals surface area contributed by atoms with Gasteiger partial charge in [0, 0.05) is 32.2 Å². The van der Waals surface area contributed by atoms with Crippen molar-refractivity contribution in [3.8, 4) is 0 Å². The molecule has 7 nitrogen and oxygen atoms in total. The van der Waals surface area contributed by atoms with Crippen molar-refractivity contribution in [3.05, 3.63) is 71.8 Å². The van der Waals surface area contributed by atoms with Crippen LogP contribution in [0.4, 0.5) is 9.59 Å². The Hall–Kier alpha value is -3.06. The molecule has 7 heteroatoms. The summed E-state index contributed by atoms with van der Waals surface area (Å²) in [5.41, 5.74) is 7.75. The number of benzene rings is 2. The van der Waals surface area contributed by atoms with Gasteiger partial charge in [-0.05, 0) is 36.3 Å². The van der Waals surface area contributed by atoms with Crippen LogP contribution in [0.5, 0.6) is 0 Å². The molecule has 2 saturated heterocycles. The van der Waals surface area contributed by atoms with Crippen LogP contribution < -0.4 is 5.73 Å². The monoisotopic (exact) mass is 453 g/mol. The molecule has 2 N–H and O–H groups in total. The van der Waals surface area contributed by atoms with Crippen LogP contribution in [0.1, 0.15) is 37.3 Å². The number of carbonyl (C=O) groups is 2. The van der Waals surface area contributed by atoms with Crippen molar-refractivity contribution in [2.24, 2.45) is 11.7 Å². The summed E-state index contributed by atoms with van der Waals surface area (Å²) < 4.78 is 10.5. The Labute approximate surface area is 196 Å². The highest BCUT2D eigenvalue weighted by molar-refractivity contribution is 5.68. The van der Waals surface area contributed by atoms with Gasteiger partial charge in [-0.3, -0.25) is 0 Å². The maximum atomic E-state index is 11.8. The predicted octanol–water partition coefficient (Wildman–Crippen LogP) is 4.41. The average molecular weight is 454 g/mol. The third kappa shape index (κ3) is 8.42. The number of nitrogens with zero attached hydrogens (tertiary/aromatic N) is 2. The SMILES string of the molecule is C[C@H]1CCCN(C(=O)OCc2ccccc2)C1.N[C@H]1CCN(C(=O)OCc2ccccc2)C1. The number of carbonyl (C=O) groups excluding carboxylic acids is 2. The molecule has 2 fully saturated rings. The molecular formula is C26H35N3O4. The van der Waals surface area contributed by atoms with Gasteiger partial charge in [0.2, 0.25) is 0 Å². The second kappa shape index (κ2) is 12.8. The van der Waals surface area contributed by atoms with Gasteiger partial charge in [-0.1, -0.05) is 67.6 Å². The van der Waals surface area contributed by atoms with E-state index in [1.165, 1.54) is 6.42 Å². The molecule has 0 spiro atoms. The highest BCUT2D eigenvalue weighted by Crippen LogP contribution is 2.16. The first-order chi connectivity index (χ1) is 16.0. The van der Waals surface area contributed by atoms with Gasteiger partial charge in [-0.2, -0.15) is 0 Å². The maximum Gasteiger partial charge on any atom is 0.410 e. The zero-order valence-corrected chi connectivity index (χ0v) is 19.4. The molecular weight excluding hydrogens is 418 g/mol. The first kappa shape index (κ1) is 24.6. The van der Waals surface area contributed by atoms with Crippen LogP contribution in [0.2, 0.25) is 0 Å². The highest BCUT2D eigenvalue weighted by atomic mass is 16.6. The van der Waals surface area contributed by atoms with E-state index in [0.717, 1.165) is 37.1 Å². The standard InChI is InChI=1S/C14H19NO2.C12H16N2O2/c1-12-6-5-9-15(10-12)14(16)17-11-13-7-3-2-4-8-13;13-11-6-7-14(8-11)12(15)16-9-10-4-2-1-3-5-10/h2-4,7-8,12H,5-6,9-11H2,1H3;1-5,11H,6-9,13H2/t12-;11-/m00/s1. The molecule has 2 aliphatic heterocycles. The number of piperidine rings is 1. The summed E-state index contributed by atoms with van der Waals surface area (Å²) in [5.74, 6) is 0.591. The Balaban J connectivity index is 0.000000186. The van der Waals surface area contributed by atoms with Crippen molar-refractivity contribution in [1.82, 2.24) is 9.80 Å². The fourth-order valence-corrected chi connectivity index (χ4v) is 3.93. The Morgan fingerprint density at radius 3 is 1.79 bits per heavy atom. The van der Waals surface area contributed by atoms with Crippen LogP contribution in [0.25, 0.3) is 0 Å². The molecule has 0 aromatic heterocycles. The van der Waals surface area contributed by atoms with Gasteiger partial charge in [-0.25, -0.2) is 9.59 Å². The normalized spacial score (nSPS) is 19.9. The van der Waals surface area contributed by atoms with Gasteiger partial charge in [0.15, 0.2) is 0 Å². The molecule has 2 amide bonds. The van der Waals surface area contributed by atoms with Gasteiger partial charge >= 0.3 is 12.2 Å². The van der Waals surface area contributed by atoms with Gasteiger partial charge in [0.05, 0.1) is 0 Å². The van der Waals surface area contributed by atoms with E-state index >= 15 is 0 Å². The third-order valence-electron chi connectivity index (χ3n) is 5.81. The number of amides is 2. The van der Waals surface area contributed by atoms with E-state index < -0.39 is 0 Å². The van der Waals surface area contributed by atoms with Crippen LogP contribution in [-0.4, -0.2) is 54.2 Å². The molecule has 2 aliphatic rings. The van der Waals surface area contributed by atoms with Crippen molar-refractivity contribution in [2.75, 3.05) is 26.2 Å². The second-order valence-corrected chi connectivity index (χ2v) is 8.77.